The lowest BCUT2D eigenvalue weighted by Crippen LogP contribution is -2.36. The van der Waals surface area contributed by atoms with E-state index >= 15 is 0 Å². The molecular formula is C17H23N5. The number of fused-ring (bicyclic) bond motifs is 2. The van der Waals surface area contributed by atoms with Gasteiger partial charge in [-0.3, -0.25) is 0 Å². The summed E-state index contributed by atoms with van der Waals surface area (Å²) in [5, 5.41) is 12.3. The monoisotopic (exact) mass is 297 g/mol. The topological polar surface area (TPSA) is 46.0 Å². The van der Waals surface area contributed by atoms with Gasteiger partial charge in [-0.2, -0.15) is 0 Å². The van der Waals surface area contributed by atoms with E-state index in [0.29, 0.717) is 5.92 Å². The predicted octanol–water partition coefficient (Wildman–Crippen LogP) is 2.07. The lowest BCUT2D eigenvalue weighted by atomic mass is 9.98. The molecule has 0 atom stereocenters. The minimum Gasteiger partial charge on any atom is -0.362 e. The van der Waals surface area contributed by atoms with Crippen LogP contribution in [-0.4, -0.2) is 27.9 Å². The number of anilines is 1. The molecule has 1 aromatic carbocycles. The van der Waals surface area contributed by atoms with Crippen molar-refractivity contribution in [2.75, 3.05) is 18.0 Å². The standard InChI is InChI=1S/C17H23N5/c1-12(2)17-20-19-16-11-21(8-9-22(16)17)15-5-3-4-13-10-18-7-6-14(13)15/h3-5,12,18H,6-11H2,1-2H3. The van der Waals surface area contributed by atoms with Gasteiger partial charge in [-0.05, 0) is 30.2 Å². The molecule has 1 aromatic heterocycles. The second-order valence-corrected chi connectivity index (χ2v) is 6.54. The molecule has 22 heavy (non-hydrogen) atoms. The normalized spacial score (nSPS) is 17.5. The van der Waals surface area contributed by atoms with Gasteiger partial charge in [-0.25, -0.2) is 0 Å². The molecule has 5 nitrogen and oxygen atoms in total. The van der Waals surface area contributed by atoms with Crippen LogP contribution in [-0.2, 0) is 26.1 Å². The van der Waals surface area contributed by atoms with Crippen LogP contribution in [0, 0.1) is 0 Å². The summed E-state index contributed by atoms with van der Waals surface area (Å²) in [4.78, 5) is 2.47. The summed E-state index contributed by atoms with van der Waals surface area (Å²) in [7, 11) is 0. The van der Waals surface area contributed by atoms with E-state index in [0.717, 1.165) is 50.8 Å². The van der Waals surface area contributed by atoms with Crippen LogP contribution in [0.5, 0.6) is 0 Å². The highest BCUT2D eigenvalue weighted by Crippen LogP contribution is 2.29. The van der Waals surface area contributed by atoms with Crippen molar-refractivity contribution in [3.8, 4) is 0 Å². The molecule has 5 heteroatoms. The number of benzene rings is 1. The minimum absolute atomic E-state index is 0.434. The molecule has 0 amide bonds. The fraction of sp³-hybridized carbons (Fsp3) is 0.529. The zero-order chi connectivity index (χ0) is 15.1. The van der Waals surface area contributed by atoms with Crippen LogP contribution in [0.15, 0.2) is 18.2 Å². The number of nitrogens with one attached hydrogen (secondary N) is 1. The molecule has 4 rings (SSSR count). The van der Waals surface area contributed by atoms with Gasteiger partial charge in [-0.1, -0.05) is 26.0 Å². The number of nitrogens with zero attached hydrogens (tertiary/aromatic N) is 4. The van der Waals surface area contributed by atoms with Gasteiger partial charge in [0.25, 0.3) is 0 Å². The van der Waals surface area contributed by atoms with Gasteiger partial charge in [0.1, 0.15) is 5.82 Å². The molecule has 0 radical (unpaired) electrons. The SMILES string of the molecule is CC(C)c1nnc2n1CCN(c1cccc3c1CCNC3)C2. The van der Waals surface area contributed by atoms with Crippen LogP contribution < -0.4 is 10.2 Å². The van der Waals surface area contributed by atoms with E-state index < -0.39 is 0 Å². The van der Waals surface area contributed by atoms with Crippen molar-refractivity contribution in [1.29, 1.82) is 0 Å². The third-order valence-corrected chi connectivity index (χ3v) is 4.75. The highest BCUT2D eigenvalue weighted by atomic mass is 15.3. The van der Waals surface area contributed by atoms with E-state index in [4.69, 9.17) is 0 Å². The Hall–Kier alpha value is -1.88. The number of rotatable bonds is 2. The Bertz CT molecular complexity index is 688. The fourth-order valence-electron chi connectivity index (χ4n) is 3.62. The molecule has 0 aliphatic carbocycles. The van der Waals surface area contributed by atoms with Gasteiger partial charge in [-0.15, -0.1) is 10.2 Å². The maximum absolute atomic E-state index is 4.42. The van der Waals surface area contributed by atoms with Crippen LogP contribution in [0.3, 0.4) is 0 Å². The molecule has 3 heterocycles. The van der Waals surface area contributed by atoms with Crippen molar-refractivity contribution >= 4 is 5.69 Å². The van der Waals surface area contributed by atoms with Crippen LogP contribution in [0.1, 0.15) is 42.5 Å². The molecule has 0 spiro atoms. The van der Waals surface area contributed by atoms with Gasteiger partial charge < -0.3 is 14.8 Å². The number of hydrogen-bond acceptors (Lipinski definition) is 4. The fourth-order valence-corrected chi connectivity index (χ4v) is 3.62. The quantitative estimate of drug-likeness (QED) is 0.922. The summed E-state index contributed by atoms with van der Waals surface area (Å²) in [6.07, 6.45) is 1.12. The Labute approximate surface area is 131 Å². The molecule has 116 valence electrons. The van der Waals surface area contributed by atoms with Gasteiger partial charge in [0, 0.05) is 31.2 Å². The van der Waals surface area contributed by atoms with E-state index in [1.807, 2.05) is 0 Å². The molecule has 0 saturated heterocycles. The third-order valence-electron chi connectivity index (χ3n) is 4.75. The van der Waals surface area contributed by atoms with Crippen molar-refractivity contribution < 1.29 is 0 Å². The molecule has 2 aliphatic heterocycles. The van der Waals surface area contributed by atoms with Crippen molar-refractivity contribution in [3.05, 3.63) is 41.0 Å². The zero-order valence-corrected chi connectivity index (χ0v) is 13.3. The maximum atomic E-state index is 4.42. The average Bonchev–Trinajstić information content (AvgIpc) is 2.97. The predicted molar refractivity (Wildman–Crippen MR) is 87.0 cm³/mol. The van der Waals surface area contributed by atoms with Crippen LogP contribution in [0.2, 0.25) is 0 Å². The highest BCUT2D eigenvalue weighted by Gasteiger charge is 2.24. The molecule has 0 bridgehead atoms. The molecule has 2 aromatic rings. The van der Waals surface area contributed by atoms with E-state index in [1.54, 1.807) is 0 Å². The lowest BCUT2D eigenvalue weighted by Gasteiger charge is -2.33. The molecule has 0 unspecified atom stereocenters. The summed E-state index contributed by atoms with van der Waals surface area (Å²) in [6.45, 7) is 9.32. The number of hydrogen-bond donors (Lipinski definition) is 1. The Morgan fingerprint density at radius 1 is 1.18 bits per heavy atom. The molecule has 1 N–H and O–H groups in total. The highest BCUT2D eigenvalue weighted by molar-refractivity contribution is 5.58. The van der Waals surface area contributed by atoms with Crippen LogP contribution in [0.25, 0.3) is 0 Å². The lowest BCUT2D eigenvalue weighted by molar-refractivity contribution is 0.529. The van der Waals surface area contributed by atoms with Crippen LogP contribution >= 0.6 is 0 Å². The van der Waals surface area contributed by atoms with Crippen molar-refractivity contribution in [3.63, 3.8) is 0 Å². The maximum Gasteiger partial charge on any atom is 0.152 e. The first-order valence-corrected chi connectivity index (χ1v) is 8.22. The van der Waals surface area contributed by atoms with Gasteiger partial charge in [0.05, 0.1) is 6.54 Å². The zero-order valence-electron chi connectivity index (χ0n) is 13.3. The summed E-state index contributed by atoms with van der Waals surface area (Å²) in [5.74, 6) is 2.65. The molecule has 0 fully saturated rings. The third kappa shape index (κ3) is 2.20. The molecular weight excluding hydrogens is 274 g/mol. The summed E-state index contributed by atoms with van der Waals surface area (Å²) < 4.78 is 2.30. The Morgan fingerprint density at radius 2 is 2.09 bits per heavy atom. The van der Waals surface area contributed by atoms with E-state index in [1.165, 1.54) is 16.8 Å². The molecule has 0 saturated carbocycles. The van der Waals surface area contributed by atoms with Gasteiger partial charge in [0.2, 0.25) is 0 Å². The Kier molecular flexibility index (Phi) is 3.37. The summed E-state index contributed by atoms with van der Waals surface area (Å²) >= 11 is 0. The van der Waals surface area contributed by atoms with E-state index in [9.17, 15) is 0 Å². The first-order valence-electron chi connectivity index (χ1n) is 8.22. The number of aromatic nitrogens is 3. The second kappa shape index (κ2) is 5.39. The van der Waals surface area contributed by atoms with Crippen molar-refractivity contribution in [2.45, 2.75) is 45.8 Å². The first-order chi connectivity index (χ1) is 10.7. The van der Waals surface area contributed by atoms with Crippen LogP contribution in [0.4, 0.5) is 5.69 Å². The van der Waals surface area contributed by atoms with E-state index in [-0.39, 0.29) is 0 Å². The minimum atomic E-state index is 0.434. The summed E-state index contributed by atoms with van der Waals surface area (Å²) in [5.41, 5.74) is 4.34. The second-order valence-electron chi connectivity index (χ2n) is 6.54. The van der Waals surface area contributed by atoms with Gasteiger partial charge >= 0.3 is 0 Å². The van der Waals surface area contributed by atoms with Crippen molar-refractivity contribution in [2.24, 2.45) is 0 Å². The Morgan fingerprint density at radius 3 is 2.95 bits per heavy atom. The largest absolute Gasteiger partial charge is 0.362 e. The Balaban J connectivity index is 1.66. The summed E-state index contributed by atoms with van der Waals surface area (Å²) in [6, 6.07) is 6.69. The molecule has 2 aliphatic rings. The average molecular weight is 297 g/mol. The van der Waals surface area contributed by atoms with Crippen molar-refractivity contribution in [1.82, 2.24) is 20.1 Å². The van der Waals surface area contributed by atoms with E-state index in [2.05, 4.69) is 57.0 Å². The van der Waals surface area contributed by atoms with Gasteiger partial charge in [0.15, 0.2) is 5.82 Å². The smallest absolute Gasteiger partial charge is 0.152 e. The first kappa shape index (κ1) is 13.8.